The number of hydrogen-bond acceptors (Lipinski definition) is 5. The predicted octanol–water partition coefficient (Wildman–Crippen LogP) is 3.50. The van der Waals surface area contributed by atoms with Crippen LogP contribution < -0.4 is 10.2 Å². The van der Waals surface area contributed by atoms with Crippen molar-refractivity contribution < 1.29 is 0 Å². The van der Waals surface area contributed by atoms with Crippen LogP contribution in [0.25, 0.3) is 10.2 Å². The van der Waals surface area contributed by atoms with E-state index in [-0.39, 0.29) is 0 Å². The summed E-state index contributed by atoms with van der Waals surface area (Å²) in [6.45, 7) is 3.41. The van der Waals surface area contributed by atoms with Crippen molar-refractivity contribution in [2.45, 2.75) is 38.6 Å². The van der Waals surface area contributed by atoms with Crippen molar-refractivity contribution in [2.75, 3.05) is 23.8 Å². The number of hydrogen-bond donors (Lipinski definition) is 1. The van der Waals surface area contributed by atoms with E-state index >= 15 is 0 Å². The van der Waals surface area contributed by atoms with Gasteiger partial charge in [0.2, 0.25) is 5.95 Å². The fraction of sp³-hybridized carbons (Fsp3) is 0.571. The van der Waals surface area contributed by atoms with Gasteiger partial charge in [-0.25, -0.2) is 4.98 Å². The predicted molar refractivity (Wildman–Crippen MR) is 82.2 cm³/mol. The van der Waals surface area contributed by atoms with Crippen molar-refractivity contribution in [3.05, 3.63) is 11.4 Å². The van der Waals surface area contributed by atoms with Gasteiger partial charge in [0.05, 0.1) is 5.39 Å². The average Bonchev–Trinajstić information content (AvgIpc) is 2.80. The first kappa shape index (κ1) is 12.7. The second-order valence-corrected chi connectivity index (χ2v) is 6.05. The van der Waals surface area contributed by atoms with Crippen molar-refractivity contribution in [1.82, 2.24) is 9.97 Å². The molecule has 2 aromatic heterocycles. The molecule has 0 bridgehead atoms. The molecule has 0 spiro atoms. The number of fused-ring (bicyclic) bond motifs is 1. The minimum absolute atomic E-state index is 0.560. The second-order valence-electron chi connectivity index (χ2n) is 5.15. The molecule has 0 amide bonds. The maximum atomic E-state index is 4.72. The first-order chi connectivity index (χ1) is 9.29. The molecule has 0 aromatic carbocycles. The highest BCUT2D eigenvalue weighted by Crippen LogP contribution is 2.32. The van der Waals surface area contributed by atoms with Gasteiger partial charge >= 0.3 is 0 Å². The molecule has 1 aliphatic heterocycles. The summed E-state index contributed by atoms with van der Waals surface area (Å²) in [6, 6.07) is 2.71. The topological polar surface area (TPSA) is 41.1 Å². The van der Waals surface area contributed by atoms with Crippen LogP contribution in [0.5, 0.6) is 0 Å². The molecule has 1 atom stereocenters. The molecule has 1 saturated heterocycles. The molecule has 1 aliphatic rings. The summed E-state index contributed by atoms with van der Waals surface area (Å²) in [7, 11) is 1.88. The average molecular weight is 276 g/mol. The van der Waals surface area contributed by atoms with E-state index in [2.05, 4.69) is 33.6 Å². The minimum atomic E-state index is 0.560. The number of nitrogens with zero attached hydrogens (tertiary/aromatic N) is 3. The Kier molecular flexibility index (Phi) is 3.55. The van der Waals surface area contributed by atoms with E-state index in [0.717, 1.165) is 23.1 Å². The molecule has 1 fully saturated rings. The summed E-state index contributed by atoms with van der Waals surface area (Å²) in [6.07, 6.45) is 5.17. The minimum Gasteiger partial charge on any atom is -0.357 e. The van der Waals surface area contributed by atoms with Gasteiger partial charge in [0.15, 0.2) is 0 Å². The van der Waals surface area contributed by atoms with Gasteiger partial charge in [0, 0.05) is 19.6 Å². The van der Waals surface area contributed by atoms with Crippen LogP contribution in [-0.4, -0.2) is 29.6 Å². The number of thiophene rings is 1. The molecule has 5 heteroatoms. The van der Waals surface area contributed by atoms with Crippen LogP contribution in [0.2, 0.25) is 0 Å². The summed E-state index contributed by atoms with van der Waals surface area (Å²) in [5, 5.41) is 6.37. The van der Waals surface area contributed by atoms with Crippen LogP contribution in [0.4, 0.5) is 11.8 Å². The van der Waals surface area contributed by atoms with E-state index in [1.807, 2.05) is 7.05 Å². The van der Waals surface area contributed by atoms with Crippen molar-refractivity contribution >= 4 is 33.3 Å². The van der Waals surface area contributed by atoms with Gasteiger partial charge in [-0.2, -0.15) is 4.98 Å². The summed E-state index contributed by atoms with van der Waals surface area (Å²) < 4.78 is 0. The van der Waals surface area contributed by atoms with Gasteiger partial charge in [-0.3, -0.25) is 0 Å². The summed E-state index contributed by atoms with van der Waals surface area (Å²) in [5.74, 6) is 1.83. The van der Waals surface area contributed by atoms with Crippen molar-refractivity contribution in [3.63, 3.8) is 0 Å². The zero-order valence-electron chi connectivity index (χ0n) is 11.5. The van der Waals surface area contributed by atoms with Gasteiger partial charge in [-0.05, 0) is 31.2 Å². The Morgan fingerprint density at radius 3 is 3.05 bits per heavy atom. The van der Waals surface area contributed by atoms with E-state index in [1.165, 1.54) is 31.1 Å². The quantitative estimate of drug-likeness (QED) is 0.911. The maximum absolute atomic E-state index is 4.72. The molecule has 1 N–H and O–H groups in total. The Morgan fingerprint density at radius 2 is 2.21 bits per heavy atom. The van der Waals surface area contributed by atoms with Crippen LogP contribution in [0.15, 0.2) is 11.4 Å². The summed E-state index contributed by atoms with van der Waals surface area (Å²) >= 11 is 1.68. The molecule has 0 radical (unpaired) electrons. The third-order valence-corrected chi connectivity index (χ3v) is 4.66. The number of rotatable bonds is 2. The van der Waals surface area contributed by atoms with E-state index in [0.29, 0.717) is 6.04 Å². The van der Waals surface area contributed by atoms with Gasteiger partial charge < -0.3 is 10.2 Å². The first-order valence-corrected chi connectivity index (χ1v) is 7.87. The molecule has 4 nitrogen and oxygen atoms in total. The maximum Gasteiger partial charge on any atom is 0.225 e. The van der Waals surface area contributed by atoms with E-state index < -0.39 is 0 Å². The molecular formula is C14H20N4S. The molecule has 19 heavy (non-hydrogen) atoms. The highest BCUT2D eigenvalue weighted by Gasteiger charge is 2.21. The fourth-order valence-corrected chi connectivity index (χ4v) is 3.52. The fourth-order valence-electron chi connectivity index (χ4n) is 2.76. The lowest BCUT2D eigenvalue weighted by Gasteiger charge is -2.29. The smallest absolute Gasteiger partial charge is 0.225 e. The van der Waals surface area contributed by atoms with Gasteiger partial charge in [-0.1, -0.05) is 12.8 Å². The lowest BCUT2D eigenvalue weighted by Crippen LogP contribution is -2.33. The lowest BCUT2D eigenvalue weighted by molar-refractivity contribution is 0.613. The Labute approximate surface area is 117 Å². The third-order valence-electron chi connectivity index (χ3n) is 3.85. The van der Waals surface area contributed by atoms with E-state index in [9.17, 15) is 0 Å². The van der Waals surface area contributed by atoms with Crippen molar-refractivity contribution in [3.8, 4) is 0 Å². The molecule has 3 rings (SSSR count). The molecule has 102 valence electrons. The Balaban J connectivity index is 2.08. The normalized spacial score (nSPS) is 20.5. The molecular weight excluding hydrogens is 256 g/mol. The van der Waals surface area contributed by atoms with Crippen molar-refractivity contribution in [1.29, 1.82) is 0 Å². The summed E-state index contributed by atoms with van der Waals surface area (Å²) in [4.78, 5) is 12.8. The molecule has 0 aliphatic carbocycles. The van der Waals surface area contributed by atoms with Gasteiger partial charge in [0.1, 0.15) is 10.6 Å². The summed E-state index contributed by atoms with van der Waals surface area (Å²) in [5.41, 5.74) is 0. The lowest BCUT2D eigenvalue weighted by atomic mass is 10.1. The third kappa shape index (κ3) is 2.39. The molecule has 1 unspecified atom stereocenters. The number of anilines is 2. The molecule has 3 heterocycles. The highest BCUT2D eigenvalue weighted by molar-refractivity contribution is 7.16. The van der Waals surface area contributed by atoms with Crippen LogP contribution >= 0.6 is 11.3 Å². The number of aromatic nitrogens is 2. The van der Waals surface area contributed by atoms with E-state index in [1.54, 1.807) is 11.3 Å². The SMILES string of the molecule is CNc1nc(N2CCCCCC2C)c2ccsc2n1. The molecule has 0 saturated carbocycles. The van der Waals surface area contributed by atoms with Crippen LogP contribution in [-0.2, 0) is 0 Å². The van der Waals surface area contributed by atoms with Crippen LogP contribution in [0, 0.1) is 0 Å². The van der Waals surface area contributed by atoms with Crippen LogP contribution in [0.1, 0.15) is 32.6 Å². The Morgan fingerprint density at radius 1 is 1.32 bits per heavy atom. The Bertz CT molecular complexity index is 566. The van der Waals surface area contributed by atoms with E-state index in [4.69, 9.17) is 4.98 Å². The second kappa shape index (κ2) is 5.33. The number of nitrogens with one attached hydrogen (secondary N) is 1. The van der Waals surface area contributed by atoms with Gasteiger partial charge in [0.25, 0.3) is 0 Å². The van der Waals surface area contributed by atoms with Crippen molar-refractivity contribution in [2.24, 2.45) is 0 Å². The highest BCUT2D eigenvalue weighted by atomic mass is 32.1. The largest absolute Gasteiger partial charge is 0.357 e. The molecule has 2 aromatic rings. The Hall–Kier alpha value is -1.36. The monoisotopic (exact) mass is 276 g/mol. The standard InChI is InChI=1S/C14H20N4S/c1-10-6-4-3-5-8-18(10)12-11-7-9-19-13(11)17-14(15-2)16-12/h7,9-10H,3-6,8H2,1-2H3,(H,15,16,17). The zero-order valence-corrected chi connectivity index (χ0v) is 12.3. The van der Waals surface area contributed by atoms with Gasteiger partial charge in [-0.15, -0.1) is 11.3 Å². The first-order valence-electron chi connectivity index (χ1n) is 6.99. The van der Waals surface area contributed by atoms with Crippen LogP contribution in [0.3, 0.4) is 0 Å². The zero-order chi connectivity index (χ0) is 13.2.